The van der Waals surface area contributed by atoms with E-state index in [2.05, 4.69) is 28.5 Å². The van der Waals surface area contributed by atoms with E-state index in [-0.39, 0.29) is 6.03 Å². The monoisotopic (exact) mass is 297 g/mol. The molecular weight excluding hydrogens is 282 g/mol. The molecule has 0 fully saturated rings. The van der Waals surface area contributed by atoms with Crippen molar-refractivity contribution in [1.29, 1.82) is 0 Å². The molecule has 1 aromatic heterocycles. The molecule has 5 heteroatoms. The highest BCUT2D eigenvalue weighted by atomic mass is 32.1. The lowest BCUT2D eigenvalue weighted by molar-refractivity contribution is 0.249. The Morgan fingerprint density at radius 3 is 2.62 bits per heavy atom. The van der Waals surface area contributed by atoms with Gasteiger partial charge in [0.05, 0.1) is 10.2 Å². The average molecular weight is 297 g/mol. The van der Waals surface area contributed by atoms with E-state index in [1.54, 1.807) is 14.1 Å². The largest absolute Gasteiger partial charge is 0.341 e. The molecule has 0 atom stereocenters. The Labute approximate surface area is 127 Å². The van der Waals surface area contributed by atoms with Gasteiger partial charge in [-0.05, 0) is 11.6 Å². The fourth-order valence-electron chi connectivity index (χ4n) is 2.19. The minimum Gasteiger partial charge on any atom is -0.341 e. The van der Waals surface area contributed by atoms with Crippen LogP contribution in [0.5, 0.6) is 0 Å². The number of hydrogen-bond acceptors (Lipinski definition) is 3. The zero-order chi connectivity index (χ0) is 14.8. The van der Waals surface area contributed by atoms with Gasteiger partial charge in [-0.3, -0.25) is 4.90 Å². The SMILES string of the molecule is CNC(=O)N(C)c1nc2c(-c3ccccc3)cccc2s1. The number of benzene rings is 2. The van der Waals surface area contributed by atoms with Crippen molar-refractivity contribution in [1.82, 2.24) is 10.3 Å². The van der Waals surface area contributed by atoms with Crippen molar-refractivity contribution < 1.29 is 4.79 Å². The Balaban J connectivity index is 2.12. The number of carbonyl (C=O) groups excluding carboxylic acids is 1. The van der Waals surface area contributed by atoms with Crippen LogP contribution in [0.15, 0.2) is 48.5 Å². The minimum absolute atomic E-state index is 0.171. The van der Waals surface area contributed by atoms with Crippen LogP contribution in [-0.2, 0) is 0 Å². The molecule has 0 saturated carbocycles. The van der Waals surface area contributed by atoms with E-state index in [1.165, 1.54) is 16.2 Å². The Bertz CT molecular complexity index is 783. The number of rotatable bonds is 2. The normalized spacial score (nSPS) is 10.6. The molecule has 0 saturated heterocycles. The van der Waals surface area contributed by atoms with Gasteiger partial charge in [0.15, 0.2) is 5.13 Å². The Hall–Kier alpha value is -2.40. The first-order valence-electron chi connectivity index (χ1n) is 6.61. The molecule has 0 aliphatic rings. The number of amides is 2. The number of thiazole rings is 1. The summed E-state index contributed by atoms with van der Waals surface area (Å²) in [6.07, 6.45) is 0. The van der Waals surface area contributed by atoms with Gasteiger partial charge in [0.2, 0.25) is 0 Å². The predicted molar refractivity (Wildman–Crippen MR) is 87.9 cm³/mol. The van der Waals surface area contributed by atoms with Gasteiger partial charge in [0.25, 0.3) is 0 Å². The van der Waals surface area contributed by atoms with E-state index in [0.717, 1.165) is 21.3 Å². The topological polar surface area (TPSA) is 45.2 Å². The molecule has 0 spiro atoms. The standard InChI is InChI=1S/C16H15N3OS/c1-17-15(20)19(2)16-18-14-12(9-6-10-13(14)21-16)11-7-4-3-5-8-11/h3-10H,1-2H3,(H,17,20). The van der Waals surface area contributed by atoms with Crippen LogP contribution in [0.4, 0.5) is 9.93 Å². The van der Waals surface area contributed by atoms with Crippen molar-refractivity contribution in [2.45, 2.75) is 0 Å². The second-order valence-corrected chi connectivity index (χ2v) is 5.64. The van der Waals surface area contributed by atoms with Crippen LogP contribution in [0.2, 0.25) is 0 Å². The van der Waals surface area contributed by atoms with Crippen LogP contribution >= 0.6 is 11.3 Å². The molecule has 0 unspecified atom stereocenters. The number of urea groups is 1. The van der Waals surface area contributed by atoms with Crippen molar-refractivity contribution >= 4 is 32.7 Å². The summed E-state index contributed by atoms with van der Waals surface area (Å²) in [7, 11) is 3.33. The highest BCUT2D eigenvalue weighted by molar-refractivity contribution is 7.22. The minimum atomic E-state index is -0.171. The molecule has 106 valence electrons. The van der Waals surface area contributed by atoms with Gasteiger partial charge in [-0.1, -0.05) is 53.8 Å². The van der Waals surface area contributed by atoms with Crippen molar-refractivity contribution in [3.8, 4) is 11.1 Å². The molecule has 0 bridgehead atoms. The lowest BCUT2D eigenvalue weighted by Gasteiger charge is -2.11. The fraction of sp³-hybridized carbons (Fsp3) is 0.125. The van der Waals surface area contributed by atoms with Crippen molar-refractivity contribution in [2.24, 2.45) is 0 Å². The maximum absolute atomic E-state index is 11.7. The average Bonchev–Trinajstić information content (AvgIpc) is 2.98. The lowest BCUT2D eigenvalue weighted by Crippen LogP contribution is -2.34. The molecule has 1 heterocycles. The second kappa shape index (κ2) is 5.54. The van der Waals surface area contributed by atoms with E-state index in [9.17, 15) is 4.79 Å². The maximum Gasteiger partial charge on any atom is 0.323 e. The summed E-state index contributed by atoms with van der Waals surface area (Å²) in [5, 5.41) is 3.30. The zero-order valence-corrected chi connectivity index (χ0v) is 12.6. The number of anilines is 1. The number of carbonyl (C=O) groups is 1. The number of para-hydroxylation sites is 1. The summed E-state index contributed by atoms with van der Waals surface area (Å²) < 4.78 is 1.07. The molecule has 21 heavy (non-hydrogen) atoms. The smallest absolute Gasteiger partial charge is 0.323 e. The van der Waals surface area contributed by atoms with Gasteiger partial charge in [-0.15, -0.1) is 0 Å². The third-order valence-corrected chi connectivity index (χ3v) is 4.39. The second-order valence-electron chi connectivity index (χ2n) is 4.63. The molecular formula is C16H15N3OS. The van der Waals surface area contributed by atoms with E-state index >= 15 is 0 Å². The van der Waals surface area contributed by atoms with Crippen LogP contribution in [0.1, 0.15) is 0 Å². The highest BCUT2D eigenvalue weighted by Crippen LogP contribution is 2.34. The number of aromatic nitrogens is 1. The van der Waals surface area contributed by atoms with Crippen LogP contribution in [0, 0.1) is 0 Å². The Kier molecular flexibility index (Phi) is 3.58. The Morgan fingerprint density at radius 1 is 1.14 bits per heavy atom. The lowest BCUT2D eigenvalue weighted by atomic mass is 10.1. The molecule has 1 N–H and O–H groups in total. The molecule has 3 rings (SSSR count). The van der Waals surface area contributed by atoms with Gasteiger partial charge in [0, 0.05) is 19.7 Å². The van der Waals surface area contributed by atoms with Crippen molar-refractivity contribution in [3.63, 3.8) is 0 Å². The number of nitrogens with one attached hydrogen (secondary N) is 1. The molecule has 2 aromatic carbocycles. The van der Waals surface area contributed by atoms with Crippen LogP contribution in [-0.4, -0.2) is 25.1 Å². The van der Waals surface area contributed by atoms with E-state index in [1.807, 2.05) is 30.3 Å². The first-order chi connectivity index (χ1) is 10.2. The van der Waals surface area contributed by atoms with Crippen LogP contribution < -0.4 is 10.2 Å². The van der Waals surface area contributed by atoms with E-state index < -0.39 is 0 Å². The van der Waals surface area contributed by atoms with Gasteiger partial charge >= 0.3 is 6.03 Å². The number of hydrogen-bond donors (Lipinski definition) is 1. The first kappa shape index (κ1) is 13.6. The molecule has 4 nitrogen and oxygen atoms in total. The van der Waals surface area contributed by atoms with Crippen LogP contribution in [0.25, 0.3) is 21.3 Å². The number of fused-ring (bicyclic) bond motifs is 1. The van der Waals surface area contributed by atoms with Gasteiger partial charge < -0.3 is 5.32 Å². The maximum atomic E-state index is 11.7. The fourth-order valence-corrected chi connectivity index (χ4v) is 3.14. The number of nitrogens with zero attached hydrogens (tertiary/aromatic N) is 2. The molecule has 2 amide bonds. The summed E-state index contributed by atoms with van der Waals surface area (Å²) >= 11 is 1.51. The summed E-state index contributed by atoms with van der Waals surface area (Å²) in [5.41, 5.74) is 3.14. The molecule has 0 aliphatic carbocycles. The van der Waals surface area contributed by atoms with E-state index in [4.69, 9.17) is 0 Å². The van der Waals surface area contributed by atoms with Crippen LogP contribution in [0.3, 0.4) is 0 Å². The van der Waals surface area contributed by atoms with Crippen molar-refractivity contribution in [2.75, 3.05) is 19.0 Å². The van der Waals surface area contributed by atoms with Gasteiger partial charge in [-0.2, -0.15) is 0 Å². The molecule has 0 aliphatic heterocycles. The quantitative estimate of drug-likeness (QED) is 0.783. The molecule has 3 aromatic rings. The summed E-state index contributed by atoms with van der Waals surface area (Å²) in [6, 6.07) is 16.1. The zero-order valence-electron chi connectivity index (χ0n) is 11.8. The first-order valence-corrected chi connectivity index (χ1v) is 7.43. The highest BCUT2D eigenvalue weighted by Gasteiger charge is 2.15. The van der Waals surface area contributed by atoms with Gasteiger partial charge in [0.1, 0.15) is 0 Å². The van der Waals surface area contributed by atoms with Gasteiger partial charge in [-0.25, -0.2) is 9.78 Å². The Morgan fingerprint density at radius 2 is 1.90 bits per heavy atom. The predicted octanol–water partition coefficient (Wildman–Crippen LogP) is 3.74. The summed E-state index contributed by atoms with van der Waals surface area (Å²) in [5.74, 6) is 0. The van der Waals surface area contributed by atoms with Crippen molar-refractivity contribution in [3.05, 3.63) is 48.5 Å². The summed E-state index contributed by atoms with van der Waals surface area (Å²) in [4.78, 5) is 17.9. The third-order valence-electron chi connectivity index (χ3n) is 3.30. The van der Waals surface area contributed by atoms with E-state index in [0.29, 0.717) is 5.13 Å². The third kappa shape index (κ3) is 2.48. The summed E-state index contributed by atoms with van der Waals surface area (Å²) in [6.45, 7) is 0. The molecule has 0 radical (unpaired) electrons.